The highest BCUT2D eigenvalue weighted by Gasteiger charge is 2.57. The molecule has 3 rings (SSSR count). The lowest BCUT2D eigenvalue weighted by molar-refractivity contribution is -0.147. The van der Waals surface area contributed by atoms with Crippen LogP contribution in [0.1, 0.15) is 50.7 Å². The number of carbonyl (C=O) groups excluding carboxylic acids is 1. The van der Waals surface area contributed by atoms with E-state index in [9.17, 15) is 4.79 Å². The van der Waals surface area contributed by atoms with Gasteiger partial charge in [-0.2, -0.15) is 4.98 Å². The summed E-state index contributed by atoms with van der Waals surface area (Å²) in [7, 11) is 0. The monoisotopic (exact) mass is 323 g/mol. The molecule has 2 aliphatic carbocycles. The molecule has 2 fully saturated rings. The zero-order valence-corrected chi connectivity index (χ0v) is 13.8. The number of nitrogens with zero attached hydrogens (tertiary/aromatic N) is 2. The molecule has 23 heavy (non-hydrogen) atoms. The first-order valence-corrected chi connectivity index (χ1v) is 8.42. The fourth-order valence-corrected chi connectivity index (χ4v) is 3.95. The summed E-state index contributed by atoms with van der Waals surface area (Å²) in [6, 6.07) is 0.211. The normalized spacial score (nSPS) is 25.5. The van der Waals surface area contributed by atoms with Crippen LogP contribution in [-0.4, -0.2) is 41.4 Å². The summed E-state index contributed by atoms with van der Waals surface area (Å²) in [6.45, 7) is 4.67. The number of amides is 1. The number of nitrogens with one attached hydrogen (secondary N) is 1. The van der Waals surface area contributed by atoms with Gasteiger partial charge in [0.2, 0.25) is 5.91 Å². The second-order valence-corrected chi connectivity index (χ2v) is 6.47. The van der Waals surface area contributed by atoms with Gasteiger partial charge in [-0.15, -0.1) is 0 Å². The molecule has 0 bridgehead atoms. The molecule has 2 saturated carbocycles. The second kappa shape index (κ2) is 6.97. The van der Waals surface area contributed by atoms with Crippen LogP contribution in [0.4, 0.5) is 0 Å². The molecule has 1 heterocycles. The molecular weight excluding hydrogens is 298 g/mol. The molecule has 1 N–H and O–H groups in total. The molecule has 0 aromatic carbocycles. The van der Waals surface area contributed by atoms with Gasteiger partial charge in [-0.3, -0.25) is 4.79 Å². The van der Waals surface area contributed by atoms with E-state index in [1.807, 2.05) is 6.92 Å². The van der Waals surface area contributed by atoms with E-state index >= 15 is 0 Å². The Balaban J connectivity index is 1.44. The molecule has 0 radical (unpaired) electrons. The van der Waals surface area contributed by atoms with Gasteiger partial charge in [-0.05, 0) is 33.1 Å². The standard InChI is InChI=1S/C16H25N3O4/c1-3-22-13-8-12(16(13)6-4-5-7-16)18-14(20)9-21-10-15-17-11(2)19-23-15/h12-13H,3-10H2,1-2H3,(H,18,20)/t12-,13-/m1/s1. The fourth-order valence-electron chi connectivity index (χ4n) is 3.95. The average Bonchev–Trinajstić information content (AvgIpc) is 3.17. The number of ether oxygens (including phenoxy) is 2. The Kier molecular flexibility index (Phi) is 4.96. The SMILES string of the molecule is CCO[C@@H]1C[C@@H](NC(=O)COCc2nc(C)no2)C12CCCC2. The summed E-state index contributed by atoms with van der Waals surface area (Å²) < 4.78 is 16.2. The molecule has 2 atom stereocenters. The number of aryl methyl sites for hydroxylation is 1. The fraction of sp³-hybridized carbons (Fsp3) is 0.812. The van der Waals surface area contributed by atoms with Crippen molar-refractivity contribution >= 4 is 5.91 Å². The van der Waals surface area contributed by atoms with E-state index in [4.69, 9.17) is 14.0 Å². The topological polar surface area (TPSA) is 86.5 Å². The lowest BCUT2D eigenvalue weighted by Gasteiger charge is -2.54. The molecule has 7 heteroatoms. The Hall–Kier alpha value is -1.47. The number of rotatable bonds is 7. The van der Waals surface area contributed by atoms with Crippen molar-refractivity contribution in [2.24, 2.45) is 5.41 Å². The van der Waals surface area contributed by atoms with Gasteiger partial charge in [0.1, 0.15) is 13.2 Å². The number of aromatic nitrogens is 2. The van der Waals surface area contributed by atoms with E-state index < -0.39 is 0 Å². The molecule has 1 aromatic rings. The van der Waals surface area contributed by atoms with Gasteiger partial charge < -0.3 is 19.3 Å². The highest BCUT2D eigenvalue weighted by Crippen LogP contribution is 2.54. The van der Waals surface area contributed by atoms with Crippen molar-refractivity contribution in [2.75, 3.05) is 13.2 Å². The number of hydrogen-bond donors (Lipinski definition) is 1. The third-order valence-corrected chi connectivity index (χ3v) is 5.05. The molecule has 0 saturated heterocycles. The highest BCUT2D eigenvalue weighted by atomic mass is 16.5. The number of hydrogen-bond acceptors (Lipinski definition) is 6. The van der Waals surface area contributed by atoms with Crippen LogP contribution in [0.5, 0.6) is 0 Å². The van der Waals surface area contributed by atoms with Crippen molar-refractivity contribution in [2.45, 2.75) is 64.7 Å². The van der Waals surface area contributed by atoms with Gasteiger partial charge >= 0.3 is 0 Å². The highest BCUT2D eigenvalue weighted by molar-refractivity contribution is 5.77. The molecule has 7 nitrogen and oxygen atoms in total. The molecule has 2 aliphatic rings. The maximum Gasteiger partial charge on any atom is 0.252 e. The van der Waals surface area contributed by atoms with Gasteiger partial charge in [-0.1, -0.05) is 18.0 Å². The lowest BCUT2D eigenvalue weighted by atomic mass is 9.60. The van der Waals surface area contributed by atoms with Crippen molar-refractivity contribution in [3.8, 4) is 0 Å². The van der Waals surface area contributed by atoms with Gasteiger partial charge in [0.05, 0.1) is 6.10 Å². The molecule has 1 amide bonds. The first-order chi connectivity index (χ1) is 11.1. The number of carbonyl (C=O) groups is 1. The zero-order valence-electron chi connectivity index (χ0n) is 13.8. The Morgan fingerprint density at radius 3 is 2.87 bits per heavy atom. The van der Waals surface area contributed by atoms with Gasteiger partial charge in [0.15, 0.2) is 5.82 Å². The van der Waals surface area contributed by atoms with E-state index in [2.05, 4.69) is 15.5 Å². The summed E-state index contributed by atoms with van der Waals surface area (Å²) in [4.78, 5) is 16.1. The van der Waals surface area contributed by atoms with Crippen molar-refractivity contribution in [1.82, 2.24) is 15.5 Å². The Morgan fingerprint density at radius 1 is 1.43 bits per heavy atom. The molecule has 128 valence electrons. The van der Waals surface area contributed by atoms with Crippen LogP contribution >= 0.6 is 0 Å². The predicted molar refractivity (Wildman–Crippen MR) is 81.6 cm³/mol. The van der Waals surface area contributed by atoms with E-state index in [0.717, 1.165) is 25.9 Å². The van der Waals surface area contributed by atoms with E-state index in [1.165, 1.54) is 12.8 Å². The lowest BCUT2D eigenvalue weighted by Crippen LogP contribution is -2.64. The first-order valence-electron chi connectivity index (χ1n) is 8.42. The van der Waals surface area contributed by atoms with Crippen LogP contribution in [0.15, 0.2) is 4.52 Å². The van der Waals surface area contributed by atoms with Crippen molar-refractivity contribution < 1.29 is 18.8 Å². The minimum atomic E-state index is -0.0903. The first kappa shape index (κ1) is 16.4. The Labute approximate surface area is 136 Å². The maximum absolute atomic E-state index is 12.1. The van der Waals surface area contributed by atoms with Crippen LogP contribution < -0.4 is 5.32 Å². The summed E-state index contributed by atoms with van der Waals surface area (Å²) in [5.41, 5.74) is 0.148. The summed E-state index contributed by atoms with van der Waals surface area (Å²) in [6.07, 6.45) is 5.94. The maximum atomic E-state index is 12.1. The molecule has 1 aromatic heterocycles. The zero-order chi connectivity index (χ0) is 16.3. The minimum Gasteiger partial charge on any atom is -0.378 e. The van der Waals surface area contributed by atoms with E-state index in [1.54, 1.807) is 6.92 Å². The van der Waals surface area contributed by atoms with Crippen LogP contribution in [0.2, 0.25) is 0 Å². The van der Waals surface area contributed by atoms with Crippen molar-refractivity contribution in [1.29, 1.82) is 0 Å². The van der Waals surface area contributed by atoms with Crippen molar-refractivity contribution in [3.05, 3.63) is 11.7 Å². The summed E-state index contributed by atoms with van der Waals surface area (Å²) in [5.74, 6) is 0.864. The van der Waals surface area contributed by atoms with E-state index in [-0.39, 0.29) is 30.6 Å². The molecule has 0 unspecified atom stereocenters. The van der Waals surface area contributed by atoms with Crippen LogP contribution in [-0.2, 0) is 20.9 Å². The third-order valence-electron chi connectivity index (χ3n) is 5.05. The van der Waals surface area contributed by atoms with Gasteiger partial charge in [-0.25, -0.2) is 0 Å². The van der Waals surface area contributed by atoms with Gasteiger partial charge in [0.25, 0.3) is 5.89 Å². The predicted octanol–water partition coefficient (Wildman–Crippen LogP) is 1.75. The average molecular weight is 323 g/mol. The van der Waals surface area contributed by atoms with Crippen molar-refractivity contribution in [3.63, 3.8) is 0 Å². The molecule has 0 aliphatic heterocycles. The second-order valence-electron chi connectivity index (χ2n) is 6.47. The molecular formula is C16H25N3O4. The minimum absolute atomic E-state index is 0.00725. The Bertz CT molecular complexity index is 539. The summed E-state index contributed by atoms with van der Waals surface area (Å²) >= 11 is 0. The molecule has 1 spiro atoms. The third kappa shape index (κ3) is 3.40. The van der Waals surface area contributed by atoms with E-state index in [0.29, 0.717) is 17.8 Å². The van der Waals surface area contributed by atoms with Crippen LogP contribution in [0.25, 0.3) is 0 Å². The van der Waals surface area contributed by atoms with Gasteiger partial charge in [0, 0.05) is 18.1 Å². The largest absolute Gasteiger partial charge is 0.378 e. The Morgan fingerprint density at radius 2 is 2.22 bits per heavy atom. The van der Waals surface area contributed by atoms with Crippen LogP contribution in [0.3, 0.4) is 0 Å². The van der Waals surface area contributed by atoms with Crippen LogP contribution in [0, 0.1) is 12.3 Å². The quantitative estimate of drug-likeness (QED) is 0.822. The summed E-state index contributed by atoms with van der Waals surface area (Å²) in [5, 5.41) is 6.80. The smallest absolute Gasteiger partial charge is 0.252 e.